The van der Waals surface area contributed by atoms with Gasteiger partial charge in [0.25, 0.3) is 5.91 Å². The Bertz CT molecular complexity index is 851. The quantitative estimate of drug-likeness (QED) is 0.589. The van der Waals surface area contributed by atoms with E-state index in [2.05, 4.69) is 15.2 Å². The SMILES string of the molecule is CC(=O)c1c[nH]c(C(=O)OC(C)C(=O)Nc2ccc(N3CCCCC3)cc2)c1. The van der Waals surface area contributed by atoms with Gasteiger partial charge in [-0.15, -0.1) is 0 Å². The standard InChI is InChI=1S/C21H25N3O4/c1-14(25)16-12-19(22-13-16)21(27)28-15(2)20(26)23-17-6-8-18(9-7-17)24-10-4-3-5-11-24/h6-9,12-13,15,22H,3-5,10-11H2,1-2H3,(H,23,26). The first-order valence-corrected chi connectivity index (χ1v) is 9.50. The highest BCUT2D eigenvalue weighted by atomic mass is 16.5. The van der Waals surface area contributed by atoms with Gasteiger partial charge >= 0.3 is 5.97 Å². The van der Waals surface area contributed by atoms with Crippen LogP contribution in [-0.4, -0.2) is 41.8 Å². The van der Waals surface area contributed by atoms with Crippen LogP contribution in [0.2, 0.25) is 0 Å². The lowest BCUT2D eigenvalue weighted by atomic mass is 10.1. The lowest BCUT2D eigenvalue weighted by Gasteiger charge is -2.28. The molecule has 2 aromatic rings. The molecule has 1 saturated heterocycles. The maximum absolute atomic E-state index is 12.3. The summed E-state index contributed by atoms with van der Waals surface area (Å²) < 4.78 is 5.18. The second-order valence-electron chi connectivity index (χ2n) is 6.99. The monoisotopic (exact) mass is 383 g/mol. The molecule has 0 spiro atoms. The molecule has 28 heavy (non-hydrogen) atoms. The van der Waals surface area contributed by atoms with Crippen molar-refractivity contribution in [3.05, 3.63) is 47.8 Å². The number of Topliss-reactive ketones (excluding diaryl/α,β-unsaturated/α-hetero) is 1. The molecule has 1 aliphatic rings. The average molecular weight is 383 g/mol. The third kappa shape index (κ3) is 4.79. The molecule has 0 saturated carbocycles. The van der Waals surface area contributed by atoms with E-state index >= 15 is 0 Å². The summed E-state index contributed by atoms with van der Waals surface area (Å²) in [5.41, 5.74) is 2.31. The first-order chi connectivity index (χ1) is 13.4. The van der Waals surface area contributed by atoms with E-state index < -0.39 is 18.0 Å². The maximum Gasteiger partial charge on any atom is 0.355 e. The number of carbonyl (C=O) groups is 3. The molecule has 3 rings (SSSR count). The van der Waals surface area contributed by atoms with Crippen molar-refractivity contribution in [1.82, 2.24) is 4.98 Å². The van der Waals surface area contributed by atoms with E-state index in [-0.39, 0.29) is 11.5 Å². The fraction of sp³-hybridized carbons (Fsp3) is 0.381. The second kappa shape index (κ2) is 8.73. The lowest BCUT2D eigenvalue weighted by molar-refractivity contribution is -0.123. The molecule has 0 radical (unpaired) electrons. The Labute approximate surface area is 164 Å². The molecule has 2 heterocycles. The van der Waals surface area contributed by atoms with E-state index in [0.717, 1.165) is 18.8 Å². The maximum atomic E-state index is 12.3. The Balaban J connectivity index is 1.54. The van der Waals surface area contributed by atoms with Crippen molar-refractivity contribution in [3.8, 4) is 0 Å². The lowest BCUT2D eigenvalue weighted by Crippen LogP contribution is -2.30. The first-order valence-electron chi connectivity index (χ1n) is 9.50. The number of nitrogens with zero attached hydrogens (tertiary/aromatic N) is 1. The number of ketones is 1. The summed E-state index contributed by atoms with van der Waals surface area (Å²) in [5, 5.41) is 2.75. The van der Waals surface area contributed by atoms with Crippen molar-refractivity contribution in [2.75, 3.05) is 23.3 Å². The van der Waals surface area contributed by atoms with E-state index in [1.54, 1.807) is 0 Å². The van der Waals surface area contributed by atoms with Crippen molar-refractivity contribution in [3.63, 3.8) is 0 Å². The summed E-state index contributed by atoms with van der Waals surface area (Å²) in [5.74, 6) is -1.26. The largest absolute Gasteiger partial charge is 0.448 e. The number of piperidine rings is 1. The fourth-order valence-corrected chi connectivity index (χ4v) is 3.14. The van der Waals surface area contributed by atoms with Crippen LogP contribution in [0.4, 0.5) is 11.4 Å². The predicted octanol–water partition coefficient (Wildman–Crippen LogP) is 3.39. The van der Waals surface area contributed by atoms with Gasteiger partial charge in [-0.2, -0.15) is 0 Å². The van der Waals surface area contributed by atoms with Crippen molar-refractivity contribution < 1.29 is 19.1 Å². The Morgan fingerprint density at radius 3 is 2.39 bits per heavy atom. The molecule has 1 atom stereocenters. The molecule has 7 heteroatoms. The van der Waals surface area contributed by atoms with Crippen LogP contribution < -0.4 is 10.2 Å². The molecule has 7 nitrogen and oxygen atoms in total. The van der Waals surface area contributed by atoms with Crippen LogP contribution in [0.5, 0.6) is 0 Å². The summed E-state index contributed by atoms with van der Waals surface area (Å²) >= 11 is 0. The number of ether oxygens (including phenoxy) is 1. The summed E-state index contributed by atoms with van der Waals surface area (Å²) in [6.45, 7) is 5.03. The third-order valence-corrected chi connectivity index (χ3v) is 4.82. The minimum atomic E-state index is -0.974. The number of nitrogens with one attached hydrogen (secondary N) is 2. The van der Waals surface area contributed by atoms with Gasteiger partial charge in [-0.1, -0.05) is 0 Å². The van der Waals surface area contributed by atoms with Crippen LogP contribution in [0.3, 0.4) is 0 Å². The minimum absolute atomic E-state index is 0.135. The van der Waals surface area contributed by atoms with Crippen LogP contribution in [0.15, 0.2) is 36.5 Å². The number of anilines is 2. The highest BCUT2D eigenvalue weighted by molar-refractivity contribution is 5.99. The van der Waals surface area contributed by atoms with Gasteiger partial charge in [0, 0.05) is 36.2 Å². The summed E-state index contributed by atoms with van der Waals surface area (Å²) in [6.07, 6.45) is 4.15. The van der Waals surface area contributed by atoms with Gasteiger partial charge in [0.05, 0.1) is 0 Å². The second-order valence-corrected chi connectivity index (χ2v) is 6.99. The third-order valence-electron chi connectivity index (χ3n) is 4.82. The molecule has 1 aromatic carbocycles. The summed E-state index contributed by atoms with van der Waals surface area (Å²) in [6, 6.07) is 9.08. The molecule has 2 N–H and O–H groups in total. The van der Waals surface area contributed by atoms with Gasteiger partial charge in [0.2, 0.25) is 0 Å². The number of aromatic nitrogens is 1. The number of amides is 1. The van der Waals surface area contributed by atoms with E-state index in [0.29, 0.717) is 11.3 Å². The molecule has 1 unspecified atom stereocenters. The zero-order valence-corrected chi connectivity index (χ0v) is 16.2. The Morgan fingerprint density at radius 1 is 1.11 bits per heavy atom. The summed E-state index contributed by atoms with van der Waals surface area (Å²) in [7, 11) is 0. The first kappa shape index (κ1) is 19.7. The van der Waals surface area contributed by atoms with Crippen molar-refractivity contribution in [1.29, 1.82) is 0 Å². The smallest absolute Gasteiger partial charge is 0.355 e. The fourth-order valence-electron chi connectivity index (χ4n) is 3.14. The van der Waals surface area contributed by atoms with Crippen LogP contribution in [-0.2, 0) is 9.53 Å². The van der Waals surface area contributed by atoms with Crippen molar-refractivity contribution in [2.45, 2.75) is 39.2 Å². The molecule has 148 valence electrons. The highest BCUT2D eigenvalue weighted by Crippen LogP contribution is 2.22. The molecule has 1 amide bonds. The highest BCUT2D eigenvalue weighted by Gasteiger charge is 2.21. The molecule has 0 aliphatic carbocycles. The molecule has 1 fully saturated rings. The van der Waals surface area contributed by atoms with Gasteiger partial charge < -0.3 is 19.9 Å². The average Bonchev–Trinajstić information content (AvgIpc) is 3.20. The van der Waals surface area contributed by atoms with Gasteiger partial charge in [-0.3, -0.25) is 9.59 Å². The Hall–Kier alpha value is -3.09. The number of H-pyrrole nitrogens is 1. The van der Waals surface area contributed by atoms with E-state index in [4.69, 9.17) is 4.74 Å². The van der Waals surface area contributed by atoms with E-state index in [1.807, 2.05) is 24.3 Å². The normalized spacial score (nSPS) is 15.0. The topological polar surface area (TPSA) is 91.5 Å². The summed E-state index contributed by atoms with van der Waals surface area (Å²) in [4.78, 5) is 40.8. The van der Waals surface area contributed by atoms with Crippen molar-refractivity contribution in [2.24, 2.45) is 0 Å². The van der Waals surface area contributed by atoms with Gasteiger partial charge in [0.1, 0.15) is 5.69 Å². The van der Waals surface area contributed by atoms with Crippen LogP contribution >= 0.6 is 0 Å². The van der Waals surface area contributed by atoms with Crippen LogP contribution in [0.25, 0.3) is 0 Å². The van der Waals surface area contributed by atoms with Crippen LogP contribution in [0, 0.1) is 0 Å². The Morgan fingerprint density at radius 2 is 1.79 bits per heavy atom. The van der Waals surface area contributed by atoms with E-state index in [9.17, 15) is 14.4 Å². The van der Waals surface area contributed by atoms with Gasteiger partial charge in [-0.25, -0.2) is 4.79 Å². The molecular weight excluding hydrogens is 358 g/mol. The number of hydrogen-bond acceptors (Lipinski definition) is 5. The van der Waals surface area contributed by atoms with Crippen molar-refractivity contribution >= 4 is 29.0 Å². The van der Waals surface area contributed by atoms with Crippen LogP contribution in [0.1, 0.15) is 54.0 Å². The molecule has 1 aromatic heterocycles. The number of carbonyl (C=O) groups excluding carboxylic acids is 3. The number of hydrogen-bond donors (Lipinski definition) is 2. The zero-order valence-electron chi connectivity index (χ0n) is 16.2. The zero-order chi connectivity index (χ0) is 20.1. The van der Waals surface area contributed by atoms with Gasteiger partial charge in [-0.05, 0) is 63.4 Å². The predicted molar refractivity (Wildman–Crippen MR) is 107 cm³/mol. The number of esters is 1. The van der Waals surface area contributed by atoms with Gasteiger partial charge in [0.15, 0.2) is 11.9 Å². The Kier molecular flexibility index (Phi) is 6.13. The number of aromatic amines is 1. The number of rotatable bonds is 6. The van der Waals surface area contributed by atoms with E-state index in [1.165, 1.54) is 45.4 Å². The molecule has 0 bridgehead atoms. The molecule has 1 aliphatic heterocycles. The molecular formula is C21H25N3O4. The number of benzene rings is 1. The minimum Gasteiger partial charge on any atom is -0.448 e.